The molecule has 0 saturated heterocycles. The van der Waals surface area contributed by atoms with Crippen molar-refractivity contribution in [1.82, 2.24) is 0 Å². The van der Waals surface area contributed by atoms with E-state index in [2.05, 4.69) is 0 Å². The van der Waals surface area contributed by atoms with Crippen LogP contribution in [-0.4, -0.2) is 0 Å². The maximum atomic E-state index is 8.77. The van der Waals surface area contributed by atoms with Gasteiger partial charge in [0.25, 0.3) is 0 Å². The van der Waals surface area contributed by atoms with Crippen LogP contribution < -0.4 is 4.74 Å². The highest BCUT2D eigenvalue weighted by atomic mass is 35.5. The third-order valence-electron chi connectivity index (χ3n) is 2.20. The average molecular weight is 299 g/mol. The second kappa shape index (κ2) is 5.49. The summed E-state index contributed by atoms with van der Waals surface area (Å²) >= 11 is 17.8. The molecule has 2 aromatic rings. The van der Waals surface area contributed by atoms with Gasteiger partial charge in [-0.25, -0.2) is 0 Å². The fraction of sp³-hybridized carbons (Fsp3) is 0. The van der Waals surface area contributed by atoms with E-state index in [1.165, 1.54) is 0 Å². The molecule has 18 heavy (non-hydrogen) atoms. The Kier molecular flexibility index (Phi) is 3.98. The lowest BCUT2D eigenvalue weighted by Gasteiger charge is -2.08. The minimum atomic E-state index is 0.327. The molecule has 5 heteroatoms. The predicted octanol–water partition coefficient (Wildman–Crippen LogP) is 5.31. The first-order valence-electron chi connectivity index (χ1n) is 4.93. The summed E-state index contributed by atoms with van der Waals surface area (Å²) in [5.74, 6) is 0.924. The van der Waals surface area contributed by atoms with Crippen molar-refractivity contribution >= 4 is 34.8 Å². The second-order valence-corrected chi connectivity index (χ2v) is 4.60. The van der Waals surface area contributed by atoms with Crippen LogP contribution in [0, 0.1) is 11.3 Å². The van der Waals surface area contributed by atoms with E-state index in [-0.39, 0.29) is 0 Å². The molecule has 2 rings (SSSR count). The van der Waals surface area contributed by atoms with E-state index in [1.807, 2.05) is 6.07 Å². The fourth-order valence-corrected chi connectivity index (χ4v) is 1.88. The zero-order valence-electron chi connectivity index (χ0n) is 8.95. The number of hydrogen-bond acceptors (Lipinski definition) is 2. The molecule has 0 bridgehead atoms. The van der Waals surface area contributed by atoms with E-state index < -0.39 is 0 Å². The van der Waals surface area contributed by atoms with Crippen LogP contribution in [0.3, 0.4) is 0 Å². The summed E-state index contributed by atoms with van der Waals surface area (Å²) in [6, 6.07) is 11.8. The molecule has 0 unspecified atom stereocenters. The van der Waals surface area contributed by atoms with Gasteiger partial charge in [0.15, 0.2) is 0 Å². The zero-order chi connectivity index (χ0) is 13.1. The molecule has 0 heterocycles. The summed E-state index contributed by atoms with van der Waals surface area (Å²) in [6.45, 7) is 0. The van der Waals surface area contributed by atoms with E-state index in [4.69, 9.17) is 44.8 Å². The van der Waals surface area contributed by atoms with Gasteiger partial charge in [0.1, 0.15) is 22.6 Å². The summed E-state index contributed by atoms with van der Waals surface area (Å²) in [5, 5.41) is 9.84. The Morgan fingerprint density at radius 1 is 1.00 bits per heavy atom. The molecule has 2 nitrogen and oxygen atoms in total. The molecule has 0 saturated carbocycles. The topological polar surface area (TPSA) is 33.0 Å². The van der Waals surface area contributed by atoms with Crippen LogP contribution in [-0.2, 0) is 0 Å². The molecule has 0 radical (unpaired) electrons. The lowest BCUT2D eigenvalue weighted by Crippen LogP contribution is -1.87. The average Bonchev–Trinajstić information content (AvgIpc) is 2.35. The number of ether oxygens (including phenoxy) is 1. The van der Waals surface area contributed by atoms with Crippen molar-refractivity contribution in [2.24, 2.45) is 0 Å². The first kappa shape index (κ1) is 13.0. The lowest BCUT2D eigenvalue weighted by atomic mass is 10.2. The summed E-state index contributed by atoms with van der Waals surface area (Å²) in [6.07, 6.45) is 0. The monoisotopic (exact) mass is 297 g/mol. The minimum Gasteiger partial charge on any atom is -0.456 e. The van der Waals surface area contributed by atoms with E-state index >= 15 is 0 Å². The highest BCUT2D eigenvalue weighted by molar-refractivity contribution is 6.42. The molecule has 0 fully saturated rings. The van der Waals surface area contributed by atoms with Gasteiger partial charge in [-0.05, 0) is 24.3 Å². The molecular weight excluding hydrogens is 293 g/mol. The summed E-state index contributed by atoms with van der Waals surface area (Å²) in [5.41, 5.74) is 0.390. The fourth-order valence-electron chi connectivity index (χ4n) is 1.34. The van der Waals surface area contributed by atoms with Gasteiger partial charge in [0.2, 0.25) is 0 Å². The van der Waals surface area contributed by atoms with Gasteiger partial charge in [-0.3, -0.25) is 0 Å². The van der Waals surface area contributed by atoms with Crippen LogP contribution in [0.1, 0.15) is 5.56 Å². The molecule has 90 valence electrons. The Morgan fingerprint density at radius 2 is 1.78 bits per heavy atom. The van der Waals surface area contributed by atoms with Crippen LogP contribution in [0.25, 0.3) is 0 Å². The molecule has 0 aliphatic carbocycles. The Bertz CT molecular complexity index is 635. The van der Waals surface area contributed by atoms with Crippen LogP contribution in [0.4, 0.5) is 0 Å². The molecule has 0 atom stereocenters. The molecule has 2 aromatic carbocycles. The molecule has 0 aliphatic rings. The summed E-state index contributed by atoms with van der Waals surface area (Å²) in [4.78, 5) is 0. The number of nitrogens with zero attached hydrogens (tertiary/aromatic N) is 1. The highest BCUT2D eigenvalue weighted by Gasteiger charge is 2.08. The highest BCUT2D eigenvalue weighted by Crippen LogP contribution is 2.35. The van der Waals surface area contributed by atoms with Crippen LogP contribution in [0.2, 0.25) is 15.1 Å². The number of hydrogen-bond donors (Lipinski definition) is 0. The van der Waals surface area contributed by atoms with E-state index in [9.17, 15) is 0 Å². The zero-order valence-corrected chi connectivity index (χ0v) is 11.2. The van der Waals surface area contributed by atoms with E-state index in [1.54, 1.807) is 36.4 Å². The maximum Gasteiger partial charge on any atom is 0.147 e. The van der Waals surface area contributed by atoms with E-state index in [0.29, 0.717) is 32.1 Å². The standard InChI is InChI=1S/C13H6Cl3NO/c14-10-2-1-3-12(13(10)16)18-9-5-4-8(7-17)11(15)6-9/h1-6H. The van der Waals surface area contributed by atoms with Crippen molar-refractivity contribution in [3.8, 4) is 17.6 Å². The maximum absolute atomic E-state index is 8.77. The van der Waals surface area contributed by atoms with Gasteiger partial charge in [0.05, 0.1) is 15.6 Å². The van der Waals surface area contributed by atoms with Crippen LogP contribution >= 0.6 is 34.8 Å². The number of halogens is 3. The predicted molar refractivity (Wildman–Crippen MR) is 72.7 cm³/mol. The van der Waals surface area contributed by atoms with Crippen molar-refractivity contribution in [1.29, 1.82) is 5.26 Å². The first-order valence-corrected chi connectivity index (χ1v) is 6.06. The molecule has 0 spiro atoms. The Hall–Kier alpha value is -1.40. The van der Waals surface area contributed by atoms with Crippen molar-refractivity contribution in [3.63, 3.8) is 0 Å². The third-order valence-corrected chi connectivity index (χ3v) is 3.32. The van der Waals surface area contributed by atoms with Crippen molar-refractivity contribution in [2.75, 3.05) is 0 Å². The lowest BCUT2D eigenvalue weighted by molar-refractivity contribution is 0.483. The summed E-state index contributed by atoms with van der Waals surface area (Å²) in [7, 11) is 0. The Balaban J connectivity index is 2.32. The van der Waals surface area contributed by atoms with Gasteiger partial charge in [-0.15, -0.1) is 0 Å². The molecule has 0 aromatic heterocycles. The SMILES string of the molecule is N#Cc1ccc(Oc2cccc(Cl)c2Cl)cc1Cl. The third kappa shape index (κ3) is 2.70. The Labute approximate surface area is 119 Å². The van der Waals surface area contributed by atoms with Gasteiger partial charge in [-0.1, -0.05) is 40.9 Å². The quantitative estimate of drug-likeness (QED) is 0.752. The van der Waals surface area contributed by atoms with E-state index in [0.717, 1.165) is 0 Å². The van der Waals surface area contributed by atoms with Gasteiger partial charge >= 0.3 is 0 Å². The minimum absolute atomic E-state index is 0.327. The van der Waals surface area contributed by atoms with Gasteiger partial charge < -0.3 is 4.74 Å². The van der Waals surface area contributed by atoms with Crippen LogP contribution in [0.5, 0.6) is 11.5 Å². The number of benzene rings is 2. The molecule has 0 aliphatic heterocycles. The van der Waals surface area contributed by atoms with Crippen molar-refractivity contribution in [2.45, 2.75) is 0 Å². The second-order valence-electron chi connectivity index (χ2n) is 3.41. The molecule has 0 amide bonds. The molecular formula is C13H6Cl3NO. The molecule has 0 N–H and O–H groups in total. The van der Waals surface area contributed by atoms with Crippen molar-refractivity contribution < 1.29 is 4.74 Å². The van der Waals surface area contributed by atoms with Gasteiger partial charge in [-0.2, -0.15) is 5.26 Å². The summed E-state index contributed by atoms with van der Waals surface area (Å²) < 4.78 is 5.56. The van der Waals surface area contributed by atoms with Crippen LogP contribution in [0.15, 0.2) is 36.4 Å². The first-order chi connectivity index (χ1) is 8.61. The Morgan fingerprint density at radius 3 is 2.44 bits per heavy atom. The smallest absolute Gasteiger partial charge is 0.147 e. The van der Waals surface area contributed by atoms with Crippen molar-refractivity contribution in [3.05, 3.63) is 57.0 Å². The number of rotatable bonds is 2. The normalized spacial score (nSPS) is 9.89. The van der Waals surface area contributed by atoms with Gasteiger partial charge in [0, 0.05) is 6.07 Å². The largest absolute Gasteiger partial charge is 0.456 e. The number of nitriles is 1.